The summed E-state index contributed by atoms with van der Waals surface area (Å²) in [7, 11) is -4.08. The van der Waals surface area contributed by atoms with Crippen LogP contribution in [0.1, 0.15) is 20.3 Å². The van der Waals surface area contributed by atoms with Crippen molar-refractivity contribution in [3.05, 3.63) is 29.8 Å². The Labute approximate surface area is 111 Å². The molecule has 7 heteroatoms. The van der Waals surface area contributed by atoms with Gasteiger partial charge in [-0.2, -0.15) is 9.57 Å². The SMILES string of the molecule is CC(C)N(CCC#N)S(=O)(=O)c1ccc(F)cc1F. The van der Waals surface area contributed by atoms with Crippen LogP contribution in [-0.4, -0.2) is 25.3 Å². The van der Waals surface area contributed by atoms with Crippen molar-refractivity contribution in [3.63, 3.8) is 0 Å². The average molecular weight is 288 g/mol. The maximum atomic E-state index is 13.6. The smallest absolute Gasteiger partial charge is 0.207 e. The molecule has 0 unspecified atom stereocenters. The summed E-state index contributed by atoms with van der Waals surface area (Å²) < 4.78 is 51.9. The minimum atomic E-state index is -4.08. The lowest BCUT2D eigenvalue weighted by Gasteiger charge is -2.25. The maximum absolute atomic E-state index is 13.6. The molecule has 0 amide bonds. The van der Waals surface area contributed by atoms with Gasteiger partial charge in [0.25, 0.3) is 0 Å². The van der Waals surface area contributed by atoms with Gasteiger partial charge in [-0.05, 0) is 26.0 Å². The highest BCUT2D eigenvalue weighted by atomic mass is 32.2. The zero-order valence-electron chi connectivity index (χ0n) is 10.6. The summed E-state index contributed by atoms with van der Waals surface area (Å²) in [5.74, 6) is -1.98. The van der Waals surface area contributed by atoms with E-state index in [9.17, 15) is 17.2 Å². The number of nitriles is 1. The number of sulfonamides is 1. The first-order valence-corrected chi connectivity index (χ1v) is 7.08. The van der Waals surface area contributed by atoms with E-state index < -0.39 is 32.6 Å². The molecule has 0 saturated heterocycles. The van der Waals surface area contributed by atoms with Crippen molar-refractivity contribution >= 4 is 10.0 Å². The van der Waals surface area contributed by atoms with Crippen molar-refractivity contribution in [2.24, 2.45) is 0 Å². The lowest BCUT2D eigenvalue weighted by atomic mass is 10.3. The van der Waals surface area contributed by atoms with E-state index >= 15 is 0 Å². The molecule has 0 fully saturated rings. The zero-order valence-corrected chi connectivity index (χ0v) is 11.4. The highest BCUT2D eigenvalue weighted by Gasteiger charge is 2.29. The van der Waals surface area contributed by atoms with Crippen LogP contribution < -0.4 is 0 Å². The Morgan fingerprint density at radius 1 is 1.37 bits per heavy atom. The third-order valence-electron chi connectivity index (χ3n) is 2.50. The number of hydrogen-bond donors (Lipinski definition) is 0. The molecule has 0 saturated carbocycles. The normalized spacial score (nSPS) is 11.8. The fourth-order valence-corrected chi connectivity index (χ4v) is 3.31. The molecule has 104 valence electrons. The first kappa shape index (κ1) is 15.5. The first-order valence-electron chi connectivity index (χ1n) is 5.64. The molecule has 4 nitrogen and oxygen atoms in total. The Morgan fingerprint density at radius 2 is 2.00 bits per heavy atom. The molecule has 0 aliphatic rings. The van der Waals surface area contributed by atoms with Gasteiger partial charge in [0.1, 0.15) is 16.5 Å². The van der Waals surface area contributed by atoms with Crippen LogP contribution in [0.3, 0.4) is 0 Å². The van der Waals surface area contributed by atoms with Gasteiger partial charge in [0, 0.05) is 25.1 Å². The average Bonchev–Trinajstić information content (AvgIpc) is 2.27. The number of rotatable bonds is 5. The Kier molecular flexibility index (Phi) is 4.97. The fraction of sp³-hybridized carbons (Fsp3) is 0.417. The van der Waals surface area contributed by atoms with E-state index in [1.54, 1.807) is 13.8 Å². The summed E-state index contributed by atoms with van der Waals surface area (Å²) in [5, 5.41) is 8.53. The summed E-state index contributed by atoms with van der Waals surface area (Å²) in [6, 6.07) is 3.71. The van der Waals surface area contributed by atoms with E-state index in [4.69, 9.17) is 5.26 Å². The second-order valence-electron chi connectivity index (χ2n) is 4.19. The van der Waals surface area contributed by atoms with Crippen molar-refractivity contribution in [3.8, 4) is 6.07 Å². The molecule has 0 atom stereocenters. The second-order valence-corrected chi connectivity index (χ2v) is 6.05. The van der Waals surface area contributed by atoms with Crippen LogP contribution in [0.4, 0.5) is 8.78 Å². The maximum Gasteiger partial charge on any atom is 0.246 e. The van der Waals surface area contributed by atoms with Gasteiger partial charge in [-0.3, -0.25) is 0 Å². The van der Waals surface area contributed by atoms with Crippen LogP contribution in [0.2, 0.25) is 0 Å². The number of hydrogen-bond acceptors (Lipinski definition) is 3. The standard InChI is InChI=1S/C12H14F2N2O2S/c1-9(2)16(7-3-6-15)19(17,18)12-5-4-10(13)8-11(12)14/h4-5,8-9H,3,7H2,1-2H3. The zero-order chi connectivity index (χ0) is 14.6. The van der Waals surface area contributed by atoms with E-state index in [1.807, 2.05) is 6.07 Å². The minimum absolute atomic E-state index is 0.000222. The molecule has 0 N–H and O–H groups in total. The van der Waals surface area contributed by atoms with Crippen LogP contribution in [-0.2, 0) is 10.0 Å². The predicted molar refractivity (Wildman–Crippen MR) is 65.6 cm³/mol. The van der Waals surface area contributed by atoms with Crippen molar-refractivity contribution in [1.29, 1.82) is 5.26 Å². The summed E-state index contributed by atoms with van der Waals surface area (Å²) in [6.45, 7) is 3.21. The summed E-state index contributed by atoms with van der Waals surface area (Å²) in [6.07, 6.45) is 0.000222. The molecule has 1 aromatic rings. The van der Waals surface area contributed by atoms with Crippen molar-refractivity contribution < 1.29 is 17.2 Å². The van der Waals surface area contributed by atoms with E-state index in [1.165, 1.54) is 0 Å². The number of benzene rings is 1. The molecular formula is C12H14F2N2O2S. The molecule has 0 heterocycles. The predicted octanol–water partition coefficient (Wildman–Crippen LogP) is 2.28. The van der Waals surface area contributed by atoms with Gasteiger partial charge >= 0.3 is 0 Å². The number of halogens is 2. The Balaban J connectivity index is 3.23. The van der Waals surface area contributed by atoms with Crippen LogP contribution in [0, 0.1) is 23.0 Å². The fourth-order valence-electron chi connectivity index (χ4n) is 1.63. The molecule has 1 rings (SSSR count). The lowest BCUT2D eigenvalue weighted by molar-refractivity contribution is 0.358. The van der Waals surface area contributed by atoms with E-state index in [0.29, 0.717) is 6.07 Å². The first-order chi connectivity index (χ1) is 8.80. The Hall–Kier alpha value is -1.52. The second kappa shape index (κ2) is 6.08. The summed E-state index contributed by atoms with van der Waals surface area (Å²) in [4.78, 5) is -0.583. The van der Waals surface area contributed by atoms with E-state index in [2.05, 4.69) is 0 Å². The molecule has 0 bridgehead atoms. The highest BCUT2D eigenvalue weighted by molar-refractivity contribution is 7.89. The van der Waals surface area contributed by atoms with Crippen molar-refractivity contribution in [2.45, 2.75) is 31.2 Å². The largest absolute Gasteiger partial charge is 0.246 e. The van der Waals surface area contributed by atoms with Crippen LogP contribution in [0.15, 0.2) is 23.1 Å². The van der Waals surface area contributed by atoms with E-state index in [-0.39, 0.29) is 13.0 Å². The molecule has 0 aliphatic heterocycles. The lowest BCUT2D eigenvalue weighted by Crippen LogP contribution is -2.38. The summed E-state index contributed by atoms with van der Waals surface area (Å²) in [5.41, 5.74) is 0. The van der Waals surface area contributed by atoms with Crippen molar-refractivity contribution in [1.82, 2.24) is 4.31 Å². The van der Waals surface area contributed by atoms with Gasteiger partial charge in [-0.1, -0.05) is 0 Å². The topological polar surface area (TPSA) is 61.2 Å². The molecule has 19 heavy (non-hydrogen) atoms. The van der Waals surface area contributed by atoms with E-state index in [0.717, 1.165) is 16.4 Å². The molecule has 0 radical (unpaired) electrons. The third kappa shape index (κ3) is 3.49. The highest BCUT2D eigenvalue weighted by Crippen LogP contribution is 2.22. The Bertz CT molecular complexity index is 594. The summed E-state index contributed by atoms with van der Waals surface area (Å²) >= 11 is 0. The van der Waals surface area contributed by atoms with Gasteiger partial charge in [0.2, 0.25) is 10.0 Å². The molecular weight excluding hydrogens is 274 g/mol. The quantitative estimate of drug-likeness (QED) is 0.835. The monoisotopic (exact) mass is 288 g/mol. The minimum Gasteiger partial charge on any atom is -0.207 e. The third-order valence-corrected chi connectivity index (χ3v) is 4.61. The van der Waals surface area contributed by atoms with Crippen LogP contribution in [0.5, 0.6) is 0 Å². The van der Waals surface area contributed by atoms with Crippen LogP contribution >= 0.6 is 0 Å². The number of nitrogens with zero attached hydrogens (tertiary/aromatic N) is 2. The molecule has 1 aromatic carbocycles. The van der Waals surface area contributed by atoms with Gasteiger partial charge in [0.05, 0.1) is 6.07 Å². The molecule has 0 aromatic heterocycles. The Morgan fingerprint density at radius 3 is 2.47 bits per heavy atom. The van der Waals surface area contributed by atoms with Gasteiger partial charge in [-0.25, -0.2) is 17.2 Å². The molecule has 0 aliphatic carbocycles. The van der Waals surface area contributed by atoms with Gasteiger partial charge in [-0.15, -0.1) is 0 Å². The van der Waals surface area contributed by atoms with Crippen LogP contribution in [0.25, 0.3) is 0 Å². The van der Waals surface area contributed by atoms with Gasteiger partial charge < -0.3 is 0 Å². The van der Waals surface area contributed by atoms with Crippen molar-refractivity contribution in [2.75, 3.05) is 6.54 Å². The molecule has 0 spiro atoms. The van der Waals surface area contributed by atoms with Gasteiger partial charge in [0.15, 0.2) is 0 Å².